The topological polar surface area (TPSA) is 28.2 Å². The second-order valence-electron chi connectivity index (χ2n) is 5.18. The van der Waals surface area contributed by atoms with Gasteiger partial charge in [-0.3, -0.25) is 4.90 Å². The van der Waals surface area contributed by atoms with E-state index in [0.717, 1.165) is 25.6 Å². The predicted octanol–water partition coefficient (Wildman–Crippen LogP) is 2.52. The van der Waals surface area contributed by atoms with Crippen LogP contribution >= 0.6 is 11.3 Å². The van der Waals surface area contributed by atoms with E-state index >= 15 is 0 Å². The van der Waals surface area contributed by atoms with Crippen molar-refractivity contribution in [2.75, 3.05) is 20.1 Å². The van der Waals surface area contributed by atoms with Crippen molar-refractivity contribution in [2.45, 2.75) is 40.3 Å². The van der Waals surface area contributed by atoms with Crippen molar-refractivity contribution in [3.63, 3.8) is 0 Å². The first-order chi connectivity index (χ1) is 8.00. The minimum atomic E-state index is 0.551. The Morgan fingerprint density at radius 1 is 1.35 bits per heavy atom. The summed E-state index contributed by atoms with van der Waals surface area (Å²) in [6.45, 7) is 12.0. The van der Waals surface area contributed by atoms with Crippen LogP contribution in [0.4, 0.5) is 0 Å². The molecule has 1 N–H and O–H groups in total. The van der Waals surface area contributed by atoms with Gasteiger partial charge in [-0.25, -0.2) is 4.98 Å². The van der Waals surface area contributed by atoms with Crippen LogP contribution in [-0.4, -0.2) is 36.1 Å². The Morgan fingerprint density at radius 3 is 2.59 bits per heavy atom. The maximum absolute atomic E-state index is 4.29. The van der Waals surface area contributed by atoms with Crippen LogP contribution < -0.4 is 5.32 Å². The summed E-state index contributed by atoms with van der Waals surface area (Å²) in [6, 6.07) is 0.551. The first-order valence-electron chi connectivity index (χ1n) is 6.30. The molecule has 1 aromatic rings. The molecule has 0 amide bonds. The van der Waals surface area contributed by atoms with Crippen LogP contribution in [0.5, 0.6) is 0 Å². The van der Waals surface area contributed by atoms with Gasteiger partial charge in [-0.1, -0.05) is 13.8 Å². The second-order valence-corrected chi connectivity index (χ2v) is 6.12. The van der Waals surface area contributed by atoms with Gasteiger partial charge in [-0.2, -0.15) is 0 Å². The number of nitrogens with one attached hydrogen (secondary N) is 1. The van der Waals surface area contributed by atoms with Gasteiger partial charge in [0.05, 0.1) is 11.2 Å². The van der Waals surface area contributed by atoms with Gasteiger partial charge in [0, 0.05) is 24.0 Å². The van der Waals surface area contributed by atoms with Crippen LogP contribution in [0.1, 0.15) is 31.3 Å². The first-order valence-corrected chi connectivity index (χ1v) is 7.18. The van der Waals surface area contributed by atoms with E-state index in [0.29, 0.717) is 6.04 Å². The monoisotopic (exact) mass is 255 g/mol. The number of rotatable bonds is 7. The van der Waals surface area contributed by atoms with Crippen molar-refractivity contribution in [1.82, 2.24) is 15.2 Å². The third-order valence-electron chi connectivity index (χ3n) is 2.98. The first kappa shape index (κ1) is 14.6. The quantitative estimate of drug-likeness (QED) is 0.811. The Hall–Kier alpha value is -0.450. The van der Waals surface area contributed by atoms with Gasteiger partial charge >= 0.3 is 0 Å². The molecule has 4 heteroatoms. The molecule has 0 bridgehead atoms. The zero-order valence-corrected chi connectivity index (χ0v) is 12.5. The summed E-state index contributed by atoms with van der Waals surface area (Å²) < 4.78 is 0. The maximum Gasteiger partial charge on any atom is 0.0798 e. The molecule has 0 spiro atoms. The van der Waals surface area contributed by atoms with Crippen molar-refractivity contribution in [1.29, 1.82) is 0 Å². The highest BCUT2D eigenvalue weighted by molar-refractivity contribution is 7.09. The van der Waals surface area contributed by atoms with E-state index in [9.17, 15) is 0 Å². The van der Waals surface area contributed by atoms with E-state index in [1.54, 1.807) is 11.3 Å². The normalized spacial score (nSPS) is 13.6. The molecular weight excluding hydrogens is 230 g/mol. The van der Waals surface area contributed by atoms with E-state index in [1.165, 1.54) is 10.6 Å². The Bertz CT molecular complexity index is 322. The van der Waals surface area contributed by atoms with E-state index in [2.05, 4.69) is 49.9 Å². The molecule has 0 radical (unpaired) electrons. The molecule has 1 aromatic heterocycles. The standard InChI is InChI=1S/C13H25N3S/c1-10(2)6-14-7-11(3)16(5)8-13-12(4)15-9-17-13/h9-11,14H,6-8H2,1-5H3. The zero-order chi connectivity index (χ0) is 12.8. The lowest BCUT2D eigenvalue weighted by Gasteiger charge is -2.25. The van der Waals surface area contributed by atoms with E-state index in [-0.39, 0.29) is 0 Å². The van der Waals surface area contributed by atoms with Gasteiger partial charge in [0.25, 0.3) is 0 Å². The van der Waals surface area contributed by atoms with Gasteiger partial charge < -0.3 is 5.32 Å². The zero-order valence-electron chi connectivity index (χ0n) is 11.7. The molecule has 0 aromatic carbocycles. The summed E-state index contributed by atoms with van der Waals surface area (Å²) in [5.41, 5.74) is 3.10. The smallest absolute Gasteiger partial charge is 0.0798 e. The molecule has 1 atom stereocenters. The number of nitrogens with zero attached hydrogens (tertiary/aromatic N) is 2. The molecule has 98 valence electrons. The number of aryl methyl sites for hydroxylation is 1. The molecule has 1 unspecified atom stereocenters. The number of hydrogen-bond donors (Lipinski definition) is 1. The molecule has 0 saturated heterocycles. The fourth-order valence-corrected chi connectivity index (χ4v) is 2.44. The molecule has 17 heavy (non-hydrogen) atoms. The largest absolute Gasteiger partial charge is 0.315 e. The molecule has 1 heterocycles. The summed E-state index contributed by atoms with van der Waals surface area (Å²) >= 11 is 1.75. The summed E-state index contributed by atoms with van der Waals surface area (Å²) in [5, 5.41) is 3.51. The van der Waals surface area contributed by atoms with Gasteiger partial charge in [0.1, 0.15) is 0 Å². The number of hydrogen-bond acceptors (Lipinski definition) is 4. The van der Waals surface area contributed by atoms with E-state index in [1.807, 2.05) is 5.51 Å². The van der Waals surface area contributed by atoms with Crippen LogP contribution in [0.3, 0.4) is 0 Å². The molecule has 0 saturated carbocycles. The lowest BCUT2D eigenvalue weighted by molar-refractivity contribution is 0.242. The lowest BCUT2D eigenvalue weighted by atomic mass is 10.2. The van der Waals surface area contributed by atoms with Crippen LogP contribution in [0.15, 0.2) is 5.51 Å². The highest BCUT2D eigenvalue weighted by atomic mass is 32.1. The third kappa shape index (κ3) is 5.15. The van der Waals surface area contributed by atoms with Crippen molar-refractivity contribution in [2.24, 2.45) is 5.92 Å². The third-order valence-corrected chi connectivity index (χ3v) is 3.90. The highest BCUT2D eigenvalue weighted by Gasteiger charge is 2.11. The minimum Gasteiger partial charge on any atom is -0.315 e. The lowest BCUT2D eigenvalue weighted by Crippen LogP contribution is -2.38. The summed E-state index contributed by atoms with van der Waals surface area (Å²) in [7, 11) is 2.18. The predicted molar refractivity (Wildman–Crippen MR) is 75.5 cm³/mol. The molecule has 0 fully saturated rings. The Balaban J connectivity index is 2.32. The molecule has 3 nitrogen and oxygen atoms in total. The second kappa shape index (κ2) is 7.09. The van der Waals surface area contributed by atoms with Crippen molar-refractivity contribution >= 4 is 11.3 Å². The van der Waals surface area contributed by atoms with E-state index in [4.69, 9.17) is 0 Å². The van der Waals surface area contributed by atoms with Gasteiger partial charge in [0.2, 0.25) is 0 Å². The highest BCUT2D eigenvalue weighted by Crippen LogP contribution is 2.15. The van der Waals surface area contributed by atoms with Gasteiger partial charge in [-0.15, -0.1) is 11.3 Å². The Kier molecular flexibility index (Phi) is 6.09. The maximum atomic E-state index is 4.29. The Labute approximate surface area is 109 Å². The van der Waals surface area contributed by atoms with E-state index < -0.39 is 0 Å². The average molecular weight is 255 g/mol. The SMILES string of the molecule is Cc1ncsc1CN(C)C(C)CNCC(C)C. The summed E-state index contributed by atoms with van der Waals surface area (Å²) in [4.78, 5) is 8.05. The number of thiazole rings is 1. The van der Waals surface area contributed by atoms with Crippen LogP contribution in [-0.2, 0) is 6.54 Å². The molecule has 1 rings (SSSR count). The van der Waals surface area contributed by atoms with Crippen LogP contribution in [0.25, 0.3) is 0 Å². The Morgan fingerprint density at radius 2 is 2.06 bits per heavy atom. The van der Waals surface area contributed by atoms with Crippen molar-refractivity contribution < 1.29 is 0 Å². The van der Waals surface area contributed by atoms with Gasteiger partial charge in [-0.05, 0) is 33.4 Å². The van der Waals surface area contributed by atoms with Crippen molar-refractivity contribution in [3.8, 4) is 0 Å². The van der Waals surface area contributed by atoms with Crippen LogP contribution in [0.2, 0.25) is 0 Å². The molecular formula is C13H25N3S. The van der Waals surface area contributed by atoms with Crippen molar-refractivity contribution in [3.05, 3.63) is 16.1 Å². The van der Waals surface area contributed by atoms with Gasteiger partial charge in [0.15, 0.2) is 0 Å². The summed E-state index contributed by atoms with van der Waals surface area (Å²) in [5.74, 6) is 0.719. The molecule has 0 aliphatic rings. The fraction of sp³-hybridized carbons (Fsp3) is 0.769. The molecule has 0 aliphatic carbocycles. The number of aromatic nitrogens is 1. The average Bonchev–Trinajstić information content (AvgIpc) is 2.63. The summed E-state index contributed by atoms with van der Waals surface area (Å²) in [6.07, 6.45) is 0. The molecule has 0 aliphatic heterocycles. The number of likely N-dealkylation sites (N-methyl/N-ethyl adjacent to an activating group) is 1. The fourth-order valence-electron chi connectivity index (χ4n) is 1.60. The minimum absolute atomic E-state index is 0.551. The van der Waals surface area contributed by atoms with Crippen LogP contribution in [0, 0.1) is 12.8 Å².